The van der Waals surface area contributed by atoms with Gasteiger partial charge in [0.25, 0.3) is 5.97 Å². The molecule has 2 N–H and O–H groups in total. The van der Waals surface area contributed by atoms with E-state index >= 15 is 0 Å². The summed E-state index contributed by atoms with van der Waals surface area (Å²) in [4.78, 5) is 21.5. The number of hydrogen-bond acceptors (Lipinski definition) is 5. The first-order valence-corrected chi connectivity index (χ1v) is 8.56. The Hall–Kier alpha value is -3.16. The Labute approximate surface area is 165 Å². The molecule has 0 spiro atoms. The van der Waals surface area contributed by atoms with Crippen LogP contribution < -0.4 is 0 Å². The standard InChI is InChI=1S/C18H11ClFN3O.C2H4O2/c19-10-5-6-11-13(7-10)17(12-3-1-2-4-15(12)20)23-18(24)14-8-21-9-22-16(11)14;1-2(3)4/h1-9,18,24H;1H3,(H,3,4). The average molecular weight is 400 g/mol. The third kappa shape index (κ3) is 4.05. The first-order chi connectivity index (χ1) is 13.4. The van der Waals surface area contributed by atoms with Crippen molar-refractivity contribution in [2.75, 3.05) is 0 Å². The Morgan fingerprint density at radius 2 is 1.86 bits per heavy atom. The maximum atomic E-state index is 14.3. The van der Waals surface area contributed by atoms with Gasteiger partial charge in [0.15, 0.2) is 6.23 Å². The van der Waals surface area contributed by atoms with Crippen LogP contribution in [-0.2, 0) is 4.79 Å². The Bertz CT molecular complexity index is 1070. The van der Waals surface area contributed by atoms with Crippen LogP contribution in [0.2, 0.25) is 5.02 Å². The van der Waals surface area contributed by atoms with Crippen LogP contribution in [0.5, 0.6) is 0 Å². The molecule has 1 aliphatic rings. The summed E-state index contributed by atoms with van der Waals surface area (Å²) in [5.41, 5.74) is 2.98. The van der Waals surface area contributed by atoms with E-state index in [1.54, 1.807) is 36.4 Å². The smallest absolute Gasteiger partial charge is 0.300 e. The number of halogens is 2. The van der Waals surface area contributed by atoms with Gasteiger partial charge in [-0.3, -0.25) is 4.79 Å². The Morgan fingerprint density at radius 1 is 1.14 bits per heavy atom. The monoisotopic (exact) mass is 399 g/mol. The molecule has 1 aromatic heterocycles. The molecule has 6 nitrogen and oxygen atoms in total. The number of aliphatic hydroxyl groups is 1. The van der Waals surface area contributed by atoms with E-state index in [4.69, 9.17) is 21.5 Å². The molecule has 0 saturated carbocycles. The highest BCUT2D eigenvalue weighted by Gasteiger charge is 2.26. The van der Waals surface area contributed by atoms with Crippen molar-refractivity contribution in [1.82, 2.24) is 9.97 Å². The summed E-state index contributed by atoms with van der Waals surface area (Å²) in [7, 11) is 0. The molecule has 0 fully saturated rings. The summed E-state index contributed by atoms with van der Waals surface area (Å²) < 4.78 is 14.3. The van der Waals surface area contributed by atoms with Gasteiger partial charge >= 0.3 is 0 Å². The van der Waals surface area contributed by atoms with Gasteiger partial charge in [-0.05, 0) is 24.3 Å². The number of aliphatic carboxylic acids is 1. The second kappa shape index (κ2) is 8.24. The number of fused-ring (bicyclic) bond motifs is 3. The molecule has 0 bridgehead atoms. The fourth-order valence-corrected chi connectivity index (χ4v) is 2.97. The van der Waals surface area contributed by atoms with E-state index in [1.807, 2.05) is 0 Å². The van der Waals surface area contributed by atoms with E-state index < -0.39 is 18.0 Å². The molecule has 1 atom stereocenters. The quantitative estimate of drug-likeness (QED) is 0.647. The number of aliphatic imine (C=N–C) groups is 1. The predicted octanol–water partition coefficient (Wildman–Crippen LogP) is 3.87. The van der Waals surface area contributed by atoms with Gasteiger partial charge in [0.2, 0.25) is 0 Å². The van der Waals surface area contributed by atoms with E-state index in [1.165, 1.54) is 18.6 Å². The molecule has 0 saturated heterocycles. The van der Waals surface area contributed by atoms with Crippen molar-refractivity contribution in [3.8, 4) is 11.3 Å². The van der Waals surface area contributed by atoms with Crippen LogP contribution in [0.15, 0.2) is 60.0 Å². The number of carboxylic acid groups (broad SMARTS) is 1. The van der Waals surface area contributed by atoms with E-state index in [2.05, 4.69) is 15.0 Å². The van der Waals surface area contributed by atoms with Crippen molar-refractivity contribution >= 4 is 23.3 Å². The Morgan fingerprint density at radius 3 is 2.57 bits per heavy atom. The lowest BCUT2D eigenvalue weighted by Gasteiger charge is -2.11. The molecule has 2 heterocycles. The molecule has 0 aliphatic carbocycles. The van der Waals surface area contributed by atoms with Gasteiger partial charge in [-0.25, -0.2) is 19.4 Å². The highest BCUT2D eigenvalue weighted by atomic mass is 35.5. The summed E-state index contributed by atoms with van der Waals surface area (Å²) in [5, 5.41) is 18.4. The van der Waals surface area contributed by atoms with Crippen molar-refractivity contribution in [2.24, 2.45) is 4.99 Å². The van der Waals surface area contributed by atoms with E-state index in [0.717, 1.165) is 12.5 Å². The van der Waals surface area contributed by atoms with Crippen LogP contribution in [0.25, 0.3) is 11.3 Å². The molecule has 3 aromatic rings. The number of rotatable bonds is 1. The summed E-state index contributed by atoms with van der Waals surface area (Å²) in [6, 6.07) is 11.5. The second-order valence-electron chi connectivity index (χ2n) is 5.87. The lowest BCUT2D eigenvalue weighted by Crippen LogP contribution is -2.08. The number of benzene rings is 2. The first kappa shape index (κ1) is 19.6. The Balaban J connectivity index is 0.000000516. The van der Waals surface area contributed by atoms with Crippen LogP contribution in [0.4, 0.5) is 4.39 Å². The third-order valence-electron chi connectivity index (χ3n) is 3.89. The minimum absolute atomic E-state index is 0.292. The van der Waals surface area contributed by atoms with Crippen LogP contribution in [0.3, 0.4) is 0 Å². The number of aromatic nitrogens is 2. The molecule has 0 amide bonds. The zero-order valence-corrected chi connectivity index (χ0v) is 15.4. The molecule has 8 heteroatoms. The first-order valence-electron chi connectivity index (χ1n) is 8.19. The van der Waals surface area contributed by atoms with Gasteiger partial charge in [0.1, 0.15) is 12.1 Å². The number of nitrogens with zero attached hydrogens (tertiary/aromatic N) is 3. The van der Waals surface area contributed by atoms with Crippen LogP contribution in [-0.4, -0.2) is 31.9 Å². The van der Waals surface area contributed by atoms with Crippen LogP contribution >= 0.6 is 11.6 Å². The molecular formula is C20H15ClFN3O3. The van der Waals surface area contributed by atoms with Crippen molar-refractivity contribution in [3.63, 3.8) is 0 Å². The van der Waals surface area contributed by atoms with Crippen LogP contribution in [0, 0.1) is 5.82 Å². The minimum Gasteiger partial charge on any atom is -0.481 e. The molecule has 1 aliphatic heterocycles. The fourth-order valence-electron chi connectivity index (χ4n) is 2.80. The molecule has 1 unspecified atom stereocenters. The fraction of sp³-hybridized carbons (Fsp3) is 0.100. The van der Waals surface area contributed by atoms with Gasteiger partial charge in [-0.2, -0.15) is 0 Å². The van der Waals surface area contributed by atoms with Crippen molar-refractivity contribution < 1.29 is 19.4 Å². The largest absolute Gasteiger partial charge is 0.481 e. The zero-order chi connectivity index (χ0) is 20.3. The highest BCUT2D eigenvalue weighted by molar-refractivity contribution is 6.31. The number of hydrogen-bond donors (Lipinski definition) is 2. The molecule has 28 heavy (non-hydrogen) atoms. The van der Waals surface area contributed by atoms with Crippen molar-refractivity contribution in [3.05, 3.63) is 82.5 Å². The highest BCUT2D eigenvalue weighted by Crippen LogP contribution is 2.36. The van der Waals surface area contributed by atoms with Gasteiger partial charge < -0.3 is 10.2 Å². The van der Waals surface area contributed by atoms with Gasteiger partial charge in [0, 0.05) is 40.4 Å². The van der Waals surface area contributed by atoms with E-state index in [-0.39, 0.29) is 0 Å². The zero-order valence-electron chi connectivity index (χ0n) is 14.7. The van der Waals surface area contributed by atoms with Crippen molar-refractivity contribution in [1.29, 1.82) is 0 Å². The minimum atomic E-state index is -1.19. The number of aliphatic hydroxyl groups excluding tert-OH is 1. The maximum absolute atomic E-state index is 14.3. The SMILES string of the molecule is CC(=O)O.OC1N=C(c2ccccc2F)c2cc(Cl)ccc2-c2ncncc21. The normalized spacial score (nSPS) is 14.6. The lowest BCUT2D eigenvalue weighted by molar-refractivity contribution is -0.134. The summed E-state index contributed by atoms with van der Waals surface area (Å²) in [5.74, 6) is -1.26. The Kier molecular flexibility index (Phi) is 5.77. The topological polar surface area (TPSA) is 95.7 Å². The lowest BCUT2D eigenvalue weighted by atomic mass is 9.95. The third-order valence-corrected chi connectivity index (χ3v) is 4.13. The average Bonchev–Trinajstić information content (AvgIpc) is 2.77. The van der Waals surface area contributed by atoms with E-state index in [9.17, 15) is 9.50 Å². The molecule has 0 radical (unpaired) electrons. The molecule has 4 rings (SSSR count). The predicted molar refractivity (Wildman–Crippen MR) is 103 cm³/mol. The summed E-state index contributed by atoms with van der Waals surface area (Å²) in [6.07, 6.45) is 1.72. The van der Waals surface area contributed by atoms with E-state index in [0.29, 0.717) is 33.1 Å². The second-order valence-corrected chi connectivity index (χ2v) is 6.30. The maximum Gasteiger partial charge on any atom is 0.300 e. The van der Waals surface area contributed by atoms with Gasteiger partial charge in [0.05, 0.1) is 11.4 Å². The number of carboxylic acids is 1. The van der Waals surface area contributed by atoms with Crippen LogP contribution in [0.1, 0.15) is 29.8 Å². The molecule has 2 aromatic carbocycles. The summed E-state index contributed by atoms with van der Waals surface area (Å²) >= 11 is 6.14. The van der Waals surface area contributed by atoms with Crippen molar-refractivity contribution in [2.45, 2.75) is 13.2 Å². The molecular weight excluding hydrogens is 385 g/mol. The van der Waals surface area contributed by atoms with Gasteiger partial charge in [-0.15, -0.1) is 0 Å². The number of carbonyl (C=O) groups is 1. The summed E-state index contributed by atoms with van der Waals surface area (Å²) in [6.45, 7) is 1.08. The van der Waals surface area contributed by atoms with Gasteiger partial charge in [-0.1, -0.05) is 29.8 Å². The molecule has 142 valence electrons.